The third-order valence-corrected chi connectivity index (χ3v) is 3.77. The van der Waals surface area contributed by atoms with E-state index in [2.05, 4.69) is 19.1 Å². The molecular weight excluding hydrogens is 196 g/mol. The van der Waals surface area contributed by atoms with Crippen molar-refractivity contribution in [2.75, 3.05) is 5.73 Å². The van der Waals surface area contributed by atoms with Crippen LogP contribution >= 0.6 is 0 Å². The molecule has 0 radical (unpaired) electrons. The summed E-state index contributed by atoms with van der Waals surface area (Å²) in [7, 11) is 0. The van der Waals surface area contributed by atoms with Gasteiger partial charge in [0.2, 0.25) is 0 Å². The second-order valence-electron chi connectivity index (χ2n) is 5.17. The molecule has 16 heavy (non-hydrogen) atoms. The molecule has 1 fully saturated rings. The molecule has 0 atom stereocenters. The molecule has 0 saturated heterocycles. The molecule has 0 aromatic heterocycles. The smallest absolute Gasteiger partial charge is 0.0316 e. The van der Waals surface area contributed by atoms with Crippen molar-refractivity contribution in [3.05, 3.63) is 29.3 Å². The van der Waals surface area contributed by atoms with Gasteiger partial charge >= 0.3 is 0 Å². The molecule has 1 saturated carbocycles. The van der Waals surface area contributed by atoms with Gasteiger partial charge in [-0.15, -0.1) is 0 Å². The summed E-state index contributed by atoms with van der Waals surface area (Å²) in [6.45, 7) is 2.17. The van der Waals surface area contributed by atoms with Gasteiger partial charge in [-0.2, -0.15) is 0 Å². The average molecular weight is 218 g/mol. The lowest BCUT2D eigenvalue weighted by molar-refractivity contribution is 0.324. The number of aryl methyl sites for hydroxylation is 1. The molecule has 2 heteroatoms. The van der Waals surface area contributed by atoms with Gasteiger partial charge in [-0.1, -0.05) is 6.07 Å². The van der Waals surface area contributed by atoms with Gasteiger partial charge in [-0.3, -0.25) is 0 Å². The summed E-state index contributed by atoms with van der Waals surface area (Å²) in [5.41, 5.74) is 15.4. The van der Waals surface area contributed by atoms with Crippen LogP contribution in [0.1, 0.15) is 36.8 Å². The Morgan fingerprint density at radius 1 is 1.19 bits per heavy atom. The molecule has 2 nitrogen and oxygen atoms in total. The first-order chi connectivity index (χ1) is 7.65. The van der Waals surface area contributed by atoms with Crippen LogP contribution in [0.15, 0.2) is 18.2 Å². The van der Waals surface area contributed by atoms with Crippen molar-refractivity contribution < 1.29 is 0 Å². The summed E-state index contributed by atoms with van der Waals surface area (Å²) in [5, 5.41) is 0. The minimum Gasteiger partial charge on any atom is -0.399 e. The Morgan fingerprint density at radius 2 is 1.88 bits per heavy atom. The fourth-order valence-corrected chi connectivity index (χ4v) is 2.61. The monoisotopic (exact) mass is 218 g/mol. The number of anilines is 1. The highest BCUT2D eigenvalue weighted by Gasteiger charge is 2.19. The van der Waals surface area contributed by atoms with Crippen LogP contribution in [-0.4, -0.2) is 6.04 Å². The molecule has 88 valence electrons. The topological polar surface area (TPSA) is 52.0 Å². The van der Waals surface area contributed by atoms with Crippen molar-refractivity contribution >= 4 is 5.69 Å². The molecule has 0 heterocycles. The second-order valence-corrected chi connectivity index (χ2v) is 5.17. The highest BCUT2D eigenvalue weighted by atomic mass is 14.6. The SMILES string of the molecule is Cc1ccc(N)cc1CC1CCC(N)CC1. The van der Waals surface area contributed by atoms with E-state index in [0.29, 0.717) is 6.04 Å². The molecule has 4 N–H and O–H groups in total. The van der Waals surface area contributed by atoms with Gasteiger partial charge in [0.15, 0.2) is 0 Å². The van der Waals surface area contributed by atoms with Gasteiger partial charge in [-0.05, 0) is 68.2 Å². The number of nitrogen functional groups attached to an aromatic ring is 1. The Labute approximate surface area is 98.0 Å². The van der Waals surface area contributed by atoms with Crippen LogP contribution in [0.5, 0.6) is 0 Å². The molecule has 0 amide bonds. The first-order valence-electron chi connectivity index (χ1n) is 6.25. The van der Waals surface area contributed by atoms with E-state index >= 15 is 0 Å². The summed E-state index contributed by atoms with van der Waals surface area (Å²) in [4.78, 5) is 0. The predicted molar refractivity (Wildman–Crippen MR) is 69.2 cm³/mol. The third-order valence-electron chi connectivity index (χ3n) is 3.77. The molecule has 0 spiro atoms. The quantitative estimate of drug-likeness (QED) is 0.750. The van der Waals surface area contributed by atoms with E-state index in [1.54, 1.807) is 0 Å². The fourth-order valence-electron chi connectivity index (χ4n) is 2.61. The summed E-state index contributed by atoms with van der Waals surface area (Å²) >= 11 is 0. The molecule has 0 unspecified atom stereocenters. The summed E-state index contributed by atoms with van der Waals surface area (Å²) < 4.78 is 0. The third kappa shape index (κ3) is 2.76. The number of nitrogens with two attached hydrogens (primary N) is 2. The van der Waals surface area contributed by atoms with Crippen LogP contribution < -0.4 is 11.5 Å². The molecule has 0 bridgehead atoms. The lowest BCUT2D eigenvalue weighted by Gasteiger charge is -2.26. The standard InChI is InChI=1S/C14H22N2/c1-10-2-5-14(16)9-12(10)8-11-3-6-13(15)7-4-11/h2,5,9,11,13H,3-4,6-8,15-16H2,1H3. The number of hydrogen-bond acceptors (Lipinski definition) is 2. The zero-order valence-corrected chi connectivity index (χ0v) is 10.1. The Hall–Kier alpha value is -1.02. The molecule has 1 aromatic carbocycles. The van der Waals surface area contributed by atoms with Crippen LogP contribution in [0.3, 0.4) is 0 Å². The average Bonchev–Trinajstić information content (AvgIpc) is 2.27. The van der Waals surface area contributed by atoms with Crippen molar-refractivity contribution in [1.29, 1.82) is 0 Å². The Bertz CT molecular complexity index is 352. The van der Waals surface area contributed by atoms with E-state index in [4.69, 9.17) is 11.5 Å². The van der Waals surface area contributed by atoms with Crippen molar-refractivity contribution in [3.8, 4) is 0 Å². The molecule has 2 rings (SSSR count). The van der Waals surface area contributed by atoms with E-state index in [9.17, 15) is 0 Å². The zero-order valence-electron chi connectivity index (χ0n) is 10.1. The van der Waals surface area contributed by atoms with Gasteiger partial charge in [0.05, 0.1) is 0 Å². The maximum atomic E-state index is 5.92. The van der Waals surface area contributed by atoms with Crippen LogP contribution in [-0.2, 0) is 6.42 Å². The van der Waals surface area contributed by atoms with Crippen molar-refractivity contribution in [3.63, 3.8) is 0 Å². The van der Waals surface area contributed by atoms with Crippen LogP contribution in [0, 0.1) is 12.8 Å². The fraction of sp³-hybridized carbons (Fsp3) is 0.571. The van der Waals surface area contributed by atoms with E-state index in [-0.39, 0.29) is 0 Å². The number of rotatable bonds is 2. The minimum absolute atomic E-state index is 0.443. The number of hydrogen-bond donors (Lipinski definition) is 2. The van der Waals surface area contributed by atoms with E-state index in [1.165, 1.54) is 43.2 Å². The van der Waals surface area contributed by atoms with E-state index < -0.39 is 0 Å². The zero-order chi connectivity index (χ0) is 11.5. The van der Waals surface area contributed by atoms with Crippen LogP contribution in [0.2, 0.25) is 0 Å². The van der Waals surface area contributed by atoms with Gasteiger partial charge in [0.1, 0.15) is 0 Å². The Balaban J connectivity index is 2.00. The maximum Gasteiger partial charge on any atom is 0.0316 e. The van der Waals surface area contributed by atoms with Gasteiger partial charge in [0.25, 0.3) is 0 Å². The van der Waals surface area contributed by atoms with Gasteiger partial charge < -0.3 is 11.5 Å². The number of benzene rings is 1. The molecule has 0 aliphatic heterocycles. The van der Waals surface area contributed by atoms with Crippen molar-refractivity contribution in [1.82, 2.24) is 0 Å². The highest BCUT2D eigenvalue weighted by molar-refractivity contribution is 5.44. The molecule has 1 aliphatic carbocycles. The van der Waals surface area contributed by atoms with E-state index in [0.717, 1.165) is 11.6 Å². The molecule has 1 aliphatic rings. The van der Waals surface area contributed by atoms with Crippen LogP contribution in [0.25, 0.3) is 0 Å². The van der Waals surface area contributed by atoms with Crippen molar-refractivity contribution in [2.24, 2.45) is 11.7 Å². The largest absolute Gasteiger partial charge is 0.399 e. The highest BCUT2D eigenvalue weighted by Crippen LogP contribution is 2.28. The summed E-state index contributed by atoms with van der Waals surface area (Å²) in [6.07, 6.45) is 6.09. The molecular formula is C14H22N2. The minimum atomic E-state index is 0.443. The lowest BCUT2D eigenvalue weighted by Crippen LogP contribution is -2.27. The molecule has 1 aromatic rings. The first-order valence-corrected chi connectivity index (χ1v) is 6.25. The van der Waals surface area contributed by atoms with Crippen molar-refractivity contribution in [2.45, 2.75) is 45.1 Å². The first kappa shape index (κ1) is 11.5. The summed E-state index contributed by atoms with van der Waals surface area (Å²) in [6, 6.07) is 6.68. The van der Waals surface area contributed by atoms with Gasteiger partial charge in [0, 0.05) is 11.7 Å². The Kier molecular flexibility index (Phi) is 3.49. The van der Waals surface area contributed by atoms with E-state index in [1.807, 2.05) is 6.07 Å². The lowest BCUT2D eigenvalue weighted by atomic mass is 9.82. The van der Waals surface area contributed by atoms with Gasteiger partial charge in [-0.25, -0.2) is 0 Å². The second kappa shape index (κ2) is 4.88. The maximum absolute atomic E-state index is 5.92. The predicted octanol–water partition coefficient (Wildman–Crippen LogP) is 2.64. The van der Waals surface area contributed by atoms with Crippen LogP contribution in [0.4, 0.5) is 5.69 Å². The summed E-state index contributed by atoms with van der Waals surface area (Å²) in [5.74, 6) is 0.806. The Morgan fingerprint density at radius 3 is 2.56 bits per heavy atom. The normalized spacial score (nSPS) is 25.6.